The number of rotatable bonds is 9. The molecule has 0 aromatic heterocycles. The van der Waals surface area contributed by atoms with Crippen molar-refractivity contribution in [1.82, 2.24) is 0 Å². The first-order chi connectivity index (χ1) is 8.34. The summed E-state index contributed by atoms with van der Waals surface area (Å²) in [5.74, 6) is 1.20. The summed E-state index contributed by atoms with van der Waals surface area (Å²) in [5, 5.41) is 0. The topological polar surface area (TPSA) is 26.0 Å². The van der Waals surface area contributed by atoms with Gasteiger partial charge in [-0.15, -0.1) is 11.8 Å². The Morgan fingerprint density at radius 2 is 1.59 bits per heavy atom. The molecule has 0 saturated carbocycles. The number of unbranched alkanes of at least 4 members (excludes halogenated alkanes) is 6. The average molecular weight is 251 g/mol. The number of thioether (sulfide) groups is 1. The summed E-state index contributed by atoms with van der Waals surface area (Å²) in [6.07, 6.45) is 9.62. The molecular formula is C15H25NS. The van der Waals surface area contributed by atoms with Crippen LogP contribution >= 0.6 is 11.8 Å². The van der Waals surface area contributed by atoms with Crippen LogP contribution in [0, 0.1) is 0 Å². The molecule has 0 aliphatic rings. The summed E-state index contributed by atoms with van der Waals surface area (Å²) < 4.78 is 0. The number of hydrogen-bond donors (Lipinski definition) is 1. The van der Waals surface area contributed by atoms with Gasteiger partial charge in [-0.2, -0.15) is 0 Å². The first-order valence-electron chi connectivity index (χ1n) is 6.82. The summed E-state index contributed by atoms with van der Waals surface area (Å²) >= 11 is 1.89. The van der Waals surface area contributed by atoms with Crippen molar-refractivity contribution in [3.63, 3.8) is 0 Å². The van der Waals surface area contributed by atoms with Crippen molar-refractivity contribution in [2.45, 2.75) is 56.8 Å². The predicted molar refractivity (Wildman–Crippen MR) is 79.6 cm³/mol. The fourth-order valence-electron chi connectivity index (χ4n) is 1.85. The third-order valence-electron chi connectivity index (χ3n) is 2.92. The van der Waals surface area contributed by atoms with E-state index in [1.165, 1.54) is 55.6 Å². The molecule has 1 aromatic rings. The second-order valence-corrected chi connectivity index (χ2v) is 5.64. The highest BCUT2D eigenvalue weighted by Crippen LogP contribution is 2.25. The van der Waals surface area contributed by atoms with Crippen molar-refractivity contribution in [3.8, 4) is 0 Å². The maximum Gasteiger partial charge on any atom is 0.0452 e. The van der Waals surface area contributed by atoms with Crippen LogP contribution in [-0.4, -0.2) is 5.75 Å². The smallest absolute Gasteiger partial charge is 0.0452 e. The Kier molecular flexibility index (Phi) is 7.98. The first-order valence-corrected chi connectivity index (χ1v) is 7.80. The van der Waals surface area contributed by atoms with E-state index < -0.39 is 0 Å². The molecule has 0 atom stereocenters. The van der Waals surface area contributed by atoms with Crippen LogP contribution in [0.1, 0.15) is 51.9 Å². The largest absolute Gasteiger partial charge is 0.398 e. The van der Waals surface area contributed by atoms with Gasteiger partial charge in [0.1, 0.15) is 0 Å². The van der Waals surface area contributed by atoms with Crippen LogP contribution in [0.25, 0.3) is 0 Å². The Labute approximate surface area is 110 Å². The highest BCUT2D eigenvalue weighted by Gasteiger charge is 1.98. The summed E-state index contributed by atoms with van der Waals surface area (Å²) in [7, 11) is 0. The zero-order valence-electron chi connectivity index (χ0n) is 11.0. The molecule has 0 aliphatic heterocycles. The fourth-order valence-corrected chi connectivity index (χ4v) is 2.83. The second kappa shape index (κ2) is 9.41. The number of nitrogens with two attached hydrogens (primary N) is 1. The first kappa shape index (κ1) is 14.4. The Bertz CT molecular complexity index is 299. The van der Waals surface area contributed by atoms with Crippen molar-refractivity contribution >= 4 is 17.4 Å². The van der Waals surface area contributed by atoms with Crippen LogP contribution in [0.2, 0.25) is 0 Å². The van der Waals surface area contributed by atoms with E-state index in [0.29, 0.717) is 0 Å². The number of benzene rings is 1. The summed E-state index contributed by atoms with van der Waals surface area (Å²) in [4.78, 5) is 1.23. The molecule has 96 valence electrons. The van der Waals surface area contributed by atoms with Crippen LogP contribution < -0.4 is 5.73 Å². The molecule has 0 fully saturated rings. The van der Waals surface area contributed by atoms with Gasteiger partial charge >= 0.3 is 0 Å². The molecule has 1 nitrogen and oxygen atoms in total. The molecule has 0 unspecified atom stereocenters. The standard InChI is InChI=1S/C15H25NS/c1-2-3-4-5-6-7-10-13-17-15-12-9-8-11-14(15)16/h8-9,11-12H,2-7,10,13,16H2,1H3. The molecular weight excluding hydrogens is 226 g/mol. The monoisotopic (exact) mass is 251 g/mol. The maximum atomic E-state index is 5.90. The Morgan fingerprint density at radius 1 is 0.941 bits per heavy atom. The van der Waals surface area contributed by atoms with Gasteiger partial charge in [-0.05, 0) is 24.3 Å². The van der Waals surface area contributed by atoms with Gasteiger partial charge < -0.3 is 5.73 Å². The van der Waals surface area contributed by atoms with Crippen LogP contribution in [0.5, 0.6) is 0 Å². The Hall–Kier alpha value is -0.630. The average Bonchev–Trinajstić information content (AvgIpc) is 2.35. The lowest BCUT2D eigenvalue weighted by Gasteiger charge is -2.04. The van der Waals surface area contributed by atoms with E-state index in [2.05, 4.69) is 19.1 Å². The lowest BCUT2D eigenvalue weighted by atomic mass is 10.1. The van der Waals surface area contributed by atoms with Crippen LogP contribution in [0.15, 0.2) is 29.2 Å². The zero-order chi connectivity index (χ0) is 12.3. The van der Waals surface area contributed by atoms with E-state index in [-0.39, 0.29) is 0 Å². The third-order valence-corrected chi connectivity index (χ3v) is 4.10. The number of nitrogen functional groups attached to an aromatic ring is 1. The van der Waals surface area contributed by atoms with E-state index >= 15 is 0 Å². The third kappa shape index (κ3) is 6.62. The maximum absolute atomic E-state index is 5.90. The molecule has 1 rings (SSSR count). The normalized spacial score (nSPS) is 10.6. The van der Waals surface area contributed by atoms with Gasteiger partial charge in [0.2, 0.25) is 0 Å². The quantitative estimate of drug-likeness (QED) is 0.375. The molecule has 0 bridgehead atoms. The van der Waals surface area contributed by atoms with Crippen molar-refractivity contribution in [3.05, 3.63) is 24.3 Å². The van der Waals surface area contributed by atoms with Gasteiger partial charge in [0.15, 0.2) is 0 Å². The van der Waals surface area contributed by atoms with E-state index in [1.54, 1.807) is 0 Å². The molecule has 0 heterocycles. The van der Waals surface area contributed by atoms with E-state index in [0.717, 1.165) is 5.69 Å². The van der Waals surface area contributed by atoms with Crippen molar-refractivity contribution in [2.24, 2.45) is 0 Å². The molecule has 2 heteroatoms. The molecule has 0 aliphatic carbocycles. The van der Waals surface area contributed by atoms with Crippen LogP contribution in [0.3, 0.4) is 0 Å². The highest BCUT2D eigenvalue weighted by atomic mass is 32.2. The van der Waals surface area contributed by atoms with Crippen molar-refractivity contribution in [1.29, 1.82) is 0 Å². The predicted octanol–water partition coefficient (Wildman–Crippen LogP) is 5.11. The lowest BCUT2D eigenvalue weighted by molar-refractivity contribution is 0.603. The van der Waals surface area contributed by atoms with Gasteiger partial charge in [-0.25, -0.2) is 0 Å². The fraction of sp³-hybridized carbons (Fsp3) is 0.600. The van der Waals surface area contributed by atoms with Gasteiger partial charge in [0.05, 0.1) is 0 Å². The van der Waals surface area contributed by atoms with Crippen LogP contribution in [0.4, 0.5) is 5.69 Å². The summed E-state index contributed by atoms with van der Waals surface area (Å²) in [6.45, 7) is 2.26. The van der Waals surface area contributed by atoms with Crippen molar-refractivity contribution in [2.75, 3.05) is 11.5 Å². The molecule has 0 spiro atoms. The molecule has 0 radical (unpaired) electrons. The zero-order valence-corrected chi connectivity index (χ0v) is 11.8. The molecule has 17 heavy (non-hydrogen) atoms. The number of hydrogen-bond acceptors (Lipinski definition) is 2. The second-order valence-electron chi connectivity index (χ2n) is 4.51. The molecule has 2 N–H and O–H groups in total. The highest BCUT2D eigenvalue weighted by molar-refractivity contribution is 7.99. The van der Waals surface area contributed by atoms with Gasteiger partial charge in [0.25, 0.3) is 0 Å². The Morgan fingerprint density at radius 3 is 2.29 bits per heavy atom. The molecule has 0 amide bonds. The number of para-hydroxylation sites is 1. The molecule has 1 aromatic carbocycles. The minimum atomic E-state index is 0.917. The minimum absolute atomic E-state index is 0.917. The van der Waals surface area contributed by atoms with Gasteiger partial charge in [-0.3, -0.25) is 0 Å². The van der Waals surface area contributed by atoms with E-state index in [4.69, 9.17) is 5.73 Å². The summed E-state index contributed by atoms with van der Waals surface area (Å²) in [5.41, 5.74) is 6.81. The van der Waals surface area contributed by atoms with Crippen LogP contribution in [-0.2, 0) is 0 Å². The Balaban J connectivity index is 1.99. The summed E-state index contributed by atoms with van der Waals surface area (Å²) in [6, 6.07) is 8.14. The van der Waals surface area contributed by atoms with Gasteiger partial charge in [0, 0.05) is 10.6 Å². The van der Waals surface area contributed by atoms with E-state index in [1.807, 2.05) is 23.9 Å². The lowest BCUT2D eigenvalue weighted by Crippen LogP contribution is -1.88. The number of anilines is 1. The SMILES string of the molecule is CCCCCCCCCSc1ccccc1N. The van der Waals surface area contributed by atoms with E-state index in [9.17, 15) is 0 Å². The molecule has 0 saturated heterocycles. The van der Waals surface area contributed by atoms with Gasteiger partial charge in [-0.1, -0.05) is 57.6 Å². The minimum Gasteiger partial charge on any atom is -0.398 e. The van der Waals surface area contributed by atoms with Crippen molar-refractivity contribution < 1.29 is 0 Å².